The zero-order valence-electron chi connectivity index (χ0n) is 15.8. The highest BCUT2D eigenvalue weighted by atomic mass is 16.6. The molecule has 0 aliphatic rings. The van der Waals surface area contributed by atoms with E-state index in [4.69, 9.17) is 20.9 Å². The van der Waals surface area contributed by atoms with Crippen molar-refractivity contribution in [3.05, 3.63) is 23.9 Å². The lowest BCUT2D eigenvalue weighted by Gasteiger charge is -2.20. The number of aromatic nitrogens is 1. The number of rotatable bonds is 10. The van der Waals surface area contributed by atoms with E-state index in [2.05, 4.69) is 4.98 Å². The second-order valence-electron chi connectivity index (χ2n) is 6.51. The van der Waals surface area contributed by atoms with E-state index in [-0.39, 0.29) is 12.5 Å². The van der Waals surface area contributed by atoms with Crippen LogP contribution in [-0.2, 0) is 20.9 Å². The summed E-state index contributed by atoms with van der Waals surface area (Å²) in [6, 6.07) is 2.76. The number of carbonyl (C=O) groups is 2. The molecule has 26 heavy (non-hydrogen) atoms. The Morgan fingerprint density at radius 1 is 1.27 bits per heavy atom. The van der Waals surface area contributed by atoms with Crippen LogP contribution in [0.1, 0.15) is 38.7 Å². The first-order valence-corrected chi connectivity index (χ1v) is 8.83. The van der Waals surface area contributed by atoms with Gasteiger partial charge in [-0.3, -0.25) is 9.69 Å². The van der Waals surface area contributed by atoms with Gasteiger partial charge in [0.1, 0.15) is 18.5 Å². The number of esters is 1. The molecule has 1 aromatic heterocycles. The zero-order chi connectivity index (χ0) is 19.5. The summed E-state index contributed by atoms with van der Waals surface area (Å²) < 4.78 is 10.5. The number of anilines is 1. The summed E-state index contributed by atoms with van der Waals surface area (Å²) in [6.45, 7) is 4.78. The molecule has 8 nitrogen and oxygen atoms in total. The zero-order valence-corrected chi connectivity index (χ0v) is 15.8. The highest BCUT2D eigenvalue weighted by Crippen LogP contribution is 2.18. The lowest BCUT2D eigenvalue weighted by atomic mass is 10.1. The van der Waals surface area contributed by atoms with Crippen molar-refractivity contribution in [1.29, 1.82) is 0 Å². The summed E-state index contributed by atoms with van der Waals surface area (Å²) in [4.78, 5) is 29.6. The van der Waals surface area contributed by atoms with Crippen molar-refractivity contribution < 1.29 is 19.1 Å². The van der Waals surface area contributed by atoms with Gasteiger partial charge in [0.25, 0.3) is 0 Å². The quantitative estimate of drug-likeness (QED) is 0.478. The molecule has 1 aromatic rings. The first-order valence-electron chi connectivity index (χ1n) is 8.83. The van der Waals surface area contributed by atoms with Crippen molar-refractivity contribution in [2.45, 2.75) is 45.8 Å². The molecular weight excluding hydrogens is 336 g/mol. The minimum atomic E-state index is -0.685. The van der Waals surface area contributed by atoms with Gasteiger partial charge in [0.05, 0.1) is 6.61 Å². The third-order valence-electron chi connectivity index (χ3n) is 3.64. The minimum Gasteiger partial charge on any atom is -0.460 e. The Bertz CT molecular complexity index is 580. The molecule has 1 atom stereocenters. The molecule has 0 aromatic carbocycles. The number of amides is 1. The minimum absolute atomic E-state index is 0.0194. The van der Waals surface area contributed by atoms with Crippen molar-refractivity contribution in [2.75, 3.05) is 25.1 Å². The number of hydrogen-bond donors (Lipinski definition) is 2. The monoisotopic (exact) mass is 366 g/mol. The van der Waals surface area contributed by atoms with Gasteiger partial charge < -0.3 is 20.9 Å². The molecule has 1 unspecified atom stereocenters. The molecule has 0 aliphatic heterocycles. The summed E-state index contributed by atoms with van der Waals surface area (Å²) in [5.41, 5.74) is 11.8. The summed E-state index contributed by atoms with van der Waals surface area (Å²) in [6.07, 6.45) is 3.17. The highest BCUT2D eigenvalue weighted by Gasteiger charge is 2.20. The van der Waals surface area contributed by atoms with Crippen LogP contribution in [0.2, 0.25) is 0 Å². The van der Waals surface area contributed by atoms with Crippen LogP contribution in [0.25, 0.3) is 0 Å². The third-order valence-corrected chi connectivity index (χ3v) is 3.64. The first-order chi connectivity index (χ1) is 12.4. The second-order valence-corrected chi connectivity index (χ2v) is 6.51. The van der Waals surface area contributed by atoms with Crippen LogP contribution in [0.4, 0.5) is 10.6 Å². The Morgan fingerprint density at radius 2 is 2.00 bits per heavy atom. The molecule has 0 fully saturated rings. The normalized spacial score (nSPS) is 11.9. The number of carbonyl (C=O) groups excluding carboxylic acids is 2. The summed E-state index contributed by atoms with van der Waals surface area (Å²) in [7, 11) is 1.56. The molecule has 4 N–H and O–H groups in total. The fourth-order valence-electron chi connectivity index (χ4n) is 2.15. The van der Waals surface area contributed by atoms with Gasteiger partial charge in [0.15, 0.2) is 0 Å². The Labute approximate surface area is 154 Å². The standard InChI is InChI=1S/C18H30N4O4/c1-13(2)11-26-18(24)22(3)16-14(7-6-10-21-16)12-25-17(23)15(20)8-4-5-9-19/h6-7,10,13,15H,4-5,8-9,11-12,19-20H2,1-3H3. The van der Waals surface area contributed by atoms with Crippen LogP contribution in [0.5, 0.6) is 0 Å². The van der Waals surface area contributed by atoms with E-state index in [1.165, 1.54) is 4.90 Å². The van der Waals surface area contributed by atoms with Crippen LogP contribution in [-0.4, -0.2) is 43.3 Å². The Kier molecular flexibility index (Phi) is 9.61. The van der Waals surface area contributed by atoms with E-state index in [0.29, 0.717) is 31.0 Å². The number of nitrogens with two attached hydrogens (primary N) is 2. The summed E-state index contributed by atoms with van der Waals surface area (Å²) in [5, 5.41) is 0. The molecular formula is C18H30N4O4. The maximum Gasteiger partial charge on any atom is 0.415 e. The Balaban J connectivity index is 2.65. The van der Waals surface area contributed by atoms with Crippen LogP contribution >= 0.6 is 0 Å². The largest absolute Gasteiger partial charge is 0.460 e. The van der Waals surface area contributed by atoms with Crippen molar-refractivity contribution in [3.8, 4) is 0 Å². The van der Waals surface area contributed by atoms with E-state index in [0.717, 1.165) is 12.8 Å². The Hall–Kier alpha value is -2.19. The fraction of sp³-hybridized carbons (Fsp3) is 0.611. The average molecular weight is 366 g/mol. The molecule has 1 amide bonds. The second kappa shape index (κ2) is 11.4. The molecule has 0 saturated heterocycles. The third kappa shape index (κ3) is 7.37. The SMILES string of the molecule is CC(C)COC(=O)N(C)c1ncccc1COC(=O)C(N)CCCCN. The molecule has 8 heteroatoms. The van der Waals surface area contributed by atoms with Gasteiger partial charge in [0, 0.05) is 18.8 Å². The van der Waals surface area contributed by atoms with Crippen molar-refractivity contribution in [1.82, 2.24) is 4.98 Å². The van der Waals surface area contributed by atoms with E-state index in [1.54, 1.807) is 25.4 Å². The predicted octanol–water partition coefficient (Wildman–Crippen LogP) is 1.81. The van der Waals surface area contributed by atoms with E-state index in [9.17, 15) is 9.59 Å². The molecule has 0 spiro atoms. The number of ether oxygens (including phenoxy) is 2. The van der Waals surface area contributed by atoms with Gasteiger partial charge >= 0.3 is 12.1 Å². The van der Waals surface area contributed by atoms with Gasteiger partial charge in [-0.2, -0.15) is 0 Å². The lowest BCUT2D eigenvalue weighted by molar-refractivity contribution is -0.146. The lowest BCUT2D eigenvalue weighted by Crippen LogP contribution is -2.33. The van der Waals surface area contributed by atoms with Crippen LogP contribution < -0.4 is 16.4 Å². The molecule has 0 aliphatic carbocycles. The van der Waals surface area contributed by atoms with Gasteiger partial charge in [-0.05, 0) is 31.4 Å². The van der Waals surface area contributed by atoms with Gasteiger partial charge in [0.2, 0.25) is 0 Å². The maximum absolute atomic E-state index is 12.1. The van der Waals surface area contributed by atoms with E-state index in [1.807, 2.05) is 13.8 Å². The smallest absolute Gasteiger partial charge is 0.415 e. The Morgan fingerprint density at radius 3 is 2.65 bits per heavy atom. The van der Waals surface area contributed by atoms with Gasteiger partial charge in [-0.15, -0.1) is 0 Å². The first kappa shape index (κ1) is 21.9. The van der Waals surface area contributed by atoms with Crippen LogP contribution in [0, 0.1) is 5.92 Å². The van der Waals surface area contributed by atoms with Crippen molar-refractivity contribution in [2.24, 2.45) is 17.4 Å². The molecule has 146 valence electrons. The van der Waals surface area contributed by atoms with E-state index < -0.39 is 18.1 Å². The number of unbranched alkanes of at least 4 members (excludes halogenated alkanes) is 1. The maximum atomic E-state index is 12.1. The van der Waals surface area contributed by atoms with E-state index >= 15 is 0 Å². The van der Waals surface area contributed by atoms with Crippen LogP contribution in [0.15, 0.2) is 18.3 Å². The van der Waals surface area contributed by atoms with Gasteiger partial charge in [-0.25, -0.2) is 9.78 Å². The van der Waals surface area contributed by atoms with Crippen molar-refractivity contribution in [3.63, 3.8) is 0 Å². The molecule has 0 bridgehead atoms. The van der Waals surface area contributed by atoms with Gasteiger partial charge in [-0.1, -0.05) is 26.3 Å². The molecule has 0 saturated carbocycles. The topological polar surface area (TPSA) is 121 Å². The molecule has 0 radical (unpaired) electrons. The predicted molar refractivity (Wildman–Crippen MR) is 99.5 cm³/mol. The fourth-order valence-corrected chi connectivity index (χ4v) is 2.15. The molecule has 1 heterocycles. The average Bonchev–Trinajstić information content (AvgIpc) is 2.63. The summed E-state index contributed by atoms with van der Waals surface area (Å²) >= 11 is 0. The highest BCUT2D eigenvalue weighted by molar-refractivity contribution is 5.86. The number of pyridine rings is 1. The van der Waals surface area contributed by atoms with Crippen LogP contribution in [0.3, 0.4) is 0 Å². The number of hydrogen-bond acceptors (Lipinski definition) is 7. The summed E-state index contributed by atoms with van der Waals surface area (Å²) in [5.74, 6) is 0.130. The van der Waals surface area contributed by atoms with Crippen molar-refractivity contribution >= 4 is 17.9 Å². The number of nitrogens with zero attached hydrogens (tertiary/aromatic N) is 2. The molecule has 1 rings (SSSR count).